The van der Waals surface area contributed by atoms with Gasteiger partial charge < -0.3 is 10.6 Å². The molecule has 19 heavy (non-hydrogen) atoms. The molecule has 0 atom stereocenters. The van der Waals surface area contributed by atoms with Gasteiger partial charge in [-0.25, -0.2) is 4.39 Å². The van der Waals surface area contributed by atoms with Crippen molar-refractivity contribution in [3.05, 3.63) is 58.9 Å². The Morgan fingerprint density at radius 1 is 1.21 bits per heavy atom. The van der Waals surface area contributed by atoms with Crippen LogP contribution in [0.25, 0.3) is 0 Å². The largest absolute Gasteiger partial charge is 0.399 e. The molecule has 2 aromatic carbocycles. The van der Waals surface area contributed by atoms with Crippen molar-refractivity contribution in [3.63, 3.8) is 0 Å². The molecule has 0 aliphatic carbocycles. The zero-order valence-electron chi connectivity index (χ0n) is 10.7. The van der Waals surface area contributed by atoms with Crippen LogP contribution in [0.2, 0.25) is 5.02 Å². The molecule has 0 aliphatic heterocycles. The van der Waals surface area contributed by atoms with Crippen molar-refractivity contribution >= 4 is 23.0 Å². The van der Waals surface area contributed by atoms with Crippen LogP contribution in [-0.4, -0.2) is 6.54 Å². The van der Waals surface area contributed by atoms with Crippen LogP contribution in [-0.2, 0) is 6.54 Å². The number of benzene rings is 2. The highest BCUT2D eigenvalue weighted by atomic mass is 35.5. The van der Waals surface area contributed by atoms with E-state index in [1.54, 1.807) is 12.1 Å². The van der Waals surface area contributed by atoms with Crippen LogP contribution in [0, 0.1) is 5.82 Å². The molecule has 0 fully saturated rings. The van der Waals surface area contributed by atoms with E-state index in [0.29, 0.717) is 22.8 Å². The first kappa shape index (κ1) is 13.7. The summed E-state index contributed by atoms with van der Waals surface area (Å²) in [5.41, 5.74) is 8.03. The summed E-state index contributed by atoms with van der Waals surface area (Å²) in [4.78, 5) is 2.05. The molecule has 4 heteroatoms. The van der Waals surface area contributed by atoms with Gasteiger partial charge in [-0.3, -0.25) is 0 Å². The smallest absolute Gasteiger partial charge is 0.128 e. The predicted octanol–water partition coefficient (Wildman–Crippen LogP) is 4.09. The van der Waals surface area contributed by atoms with E-state index in [9.17, 15) is 4.39 Å². The van der Waals surface area contributed by atoms with Gasteiger partial charge in [0, 0.05) is 35.1 Å². The lowest BCUT2D eigenvalue weighted by Gasteiger charge is -2.24. The van der Waals surface area contributed by atoms with Gasteiger partial charge in [-0.05, 0) is 43.3 Å². The molecule has 0 bridgehead atoms. The molecule has 100 valence electrons. The zero-order valence-corrected chi connectivity index (χ0v) is 11.5. The lowest BCUT2D eigenvalue weighted by atomic mass is 10.1. The van der Waals surface area contributed by atoms with Crippen molar-refractivity contribution < 1.29 is 4.39 Å². The van der Waals surface area contributed by atoms with E-state index in [-0.39, 0.29) is 5.82 Å². The molecule has 0 heterocycles. The second kappa shape index (κ2) is 5.93. The van der Waals surface area contributed by atoms with Gasteiger partial charge in [0.2, 0.25) is 0 Å². The fourth-order valence-corrected chi connectivity index (χ4v) is 2.17. The topological polar surface area (TPSA) is 29.3 Å². The number of nitrogens with zero attached hydrogens (tertiary/aromatic N) is 1. The van der Waals surface area contributed by atoms with Crippen molar-refractivity contribution in [2.75, 3.05) is 17.2 Å². The van der Waals surface area contributed by atoms with Crippen LogP contribution in [0.1, 0.15) is 12.5 Å². The number of nitrogen functional groups attached to an aromatic ring is 1. The van der Waals surface area contributed by atoms with Crippen molar-refractivity contribution in [1.82, 2.24) is 0 Å². The third-order valence-electron chi connectivity index (χ3n) is 2.99. The Hall–Kier alpha value is -1.74. The highest BCUT2D eigenvalue weighted by Crippen LogP contribution is 2.22. The van der Waals surface area contributed by atoms with Gasteiger partial charge in [0.1, 0.15) is 5.82 Å². The molecule has 0 spiro atoms. The van der Waals surface area contributed by atoms with Gasteiger partial charge >= 0.3 is 0 Å². The average Bonchev–Trinajstić information content (AvgIpc) is 2.39. The van der Waals surface area contributed by atoms with Gasteiger partial charge in [0.25, 0.3) is 0 Å². The molecule has 2 N–H and O–H groups in total. The maximum Gasteiger partial charge on any atom is 0.128 e. The van der Waals surface area contributed by atoms with Crippen LogP contribution >= 0.6 is 11.6 Å². The van der Waals surface area contributed by atoms with E-state index >= 15 is 0 Å². The summed E-state index contributed by atoms with van der Waals surface area (Å²) in [6.45, 7) is 3.24. The number of hydrogen-bond donors (Lipinski definition) is 1. The maximum atomic E-state index is 13.8. The summed E-state index contributed by atoms with van der Waals surface area (Å²) in [6, 6.07) is 12.2. The standard InChI is InChI=1S/C15H16ClFN2/c1-2-19(14-5-3-4-13(18)9-14)10-11-8-12(16)6-7-15(11)17/h3-9H,2,10,18H2,1H3. The molecular weight excluding hydrogens is 263 g/mol. The summed E-state index contributed by atoms with van der Waals surface area (Å²) in [7, 11) is 0. The van der Waals surface area contributed by atoms with Crippen molar-refractivity contribution in [2.45, 2.75) is 13.5 Å². The second-order valence-corrected chi connectivity index (χ2v) is 4.78. The highest BCUT2D eigenvalue weighted by Gasteiger charge is 2.09. The molecule has 0 aromatic heterocycles. The van der Waals surface area contributed by atoms with Gasteiger partial charge in [0.05, 0.1) is 0 Å². The van der Waals surface area contributed by atoms with E-state index in [1.165, 1.54) is 6.07 Å². The lowest BCUT2D eigenvalue weighted by molar-refractivity contribution is 0.605. The molecule has 0 aliphatic rings. The van der Waals surface area contributed by atoms with E-state index < -0.39 is 0 Å². The van der Waals surface area contributed by atoms with Crippen LogP contribution in [0.3, 0.4) is 0 Å². The SMILES string of the molecule is CCN(Cc1cc(Cl)ccc1F)c1cccc(N)c1. The van der Waals surface area contributed by atoms with Crippen molar-refractivity contribution in [1.29, 1.82) is 0 Å². The third-order valence-corrected chi connectivity index (χ3v) is 3.22. The fraction of sp³-hybridized carbons (Fsp3) is 0.200. The molecule has 0 unspecified atom stereocenters. The van der Waals surface area contributed by atoms with E-state index in [4.69, 9.17) is 17.3 Å². The summed E-state index contributed by atoms with van der Waals surface area (Å²) >= 11 is 5.91. The number of hydrogen-bond acceptors (Lipinski definition) is 2. The molecule has 0 saturated heterocycles. The first-order chi connectivity index (χ1) is 9.10. The van der Waals surface area contributed by atoms with Gasteiger partial charge in [0.15, 0.2) is 0 Å². The molecule has 0 radical (unpaired) electrons. The molecule has 2 aromatic rings. The molecule has 2 nitrogen and oxygen atoms in total. The van der Waals surface area contributed by atoms with E-state index in [2.05, 4.69) is 0 Å². The Morgan fingerprint density at radius 3 is 2.68 bits per heavy atom. The van der Waals surface area contributed by atoms with Crippen LogP contribution in [0.15, 0.2) is 42.5 Å². The minimum Gasteiger partial charge on any atom is -0.399 e. The number of anilines is 2. The quantitative estimate of drug-likeness (QED) is 0.854. The Kier molecular flexibility index (Phi) is 4.27. The van der Waals surface area contributed by atoms with Gasteiger partial charge in [-0.1, -0.05) is 17.7 Å². The highest BCUT2D eigenvalue weighted by molar-refractivity contribution is 6.30. The summed E-state index contributed by atoms with van der Waals surface area (Å²) in [6.07, 6.45) is 0. The van der Waals surface area contributed by atoms with Crippen LogP contribution in [0.4, 0.5) is 15.8 Å². The van der Waals surface area contributed by atoms with Gasteiger partial charge in [-0.2, -0.15) is 0 Å². The number of halogens is 2. The lowest BCUT2D eigenvalue weighted by Crippen LogP contribution is -2.22. The summed E-state index contributed by atoms with van der Waals surface area (Å²) < 4.78 is 13.8. The second-order valence-electron chi connectivity index (χ2n) is 4.34. The van der Waals surface area contributed by atoms with E-state index in [0.717, 1.165) is 12.2 Å². The number of rotatable bonds is 4. The summed E-state index contributed by atoms with van der Waals surface area (Å²) in [5, 5.41) is 0.542. The van der Waals surface area contributed by atoms with Crippen LogP contribution < -0.4 is 10.6 Å². The molecular formula is C15H16ClFN2. The minimum atomic E-state index is -0.244. The molecule has 0 amide bonds. The monoisotopic (exact) mass is 278 g/mol. The maximum absolute atomic E-state index is 13.8. The normalized spacial score (nSPS) is 10.5. The Labute approximate surface area is 117 Å². The fourth-order valence-electron chi connectivity index (χ4n) is 1.98. The summed E-state index contributed by atoms with van der Waals surface area (Å²) in [5.74, 6) is -0.244. The Bertz CT molecular complexity index is 572. The Balaban J connectivity index is 2.26. The third kappa shape index (κ3) is 3.38. The van der Waals surface area contributed by atoms with Gasteiger partial charge in [-0.15, -0.1) is 0 Å². The first-order valence-corrected chi connectivity index (χ1v) is 6.52. The Morgan fingerprint density at radius 2 is 2.00 bits per heavy atom. The van der Waals surface area contributed by atoms with Crippen molar-refractivity contribution in [3.8, 4) is 0 Å². The molecule has 0 saturated carbocycles. The average molecular weight is 279 g/mol. The number of nitrogens with two attached hydrogens (primary N) is 1. The first-order valence-electron chi connectivity index (χ1n) is 6.14. The van der Waals surface area contributed by atoms with Crippen LogP contribution in [0.5, 0.6) is 0 Å². The molecule has 2 rings (SSSR count). The van der Waals surface area contributed by atoms with Crippen molar-refractivity contribution in [2.24, 2.45) is 0 Å². The van der Waals surface area contributed by atoms with E-state index in [1.807, 2.05) is 36.1 Å². The predicted molar refractivity (Wildman–Crippen MR) is 79.0 cm³/mol. The zero-order chi connectivity index (χ0) is 13.8. The minimum absolute atomic E-state index is 0.244.